The van der Waals surface area contributed by atoms with Crippen molar-refractivity contribution >= 4 is 11.6 Å². The SMILES string of the molecule is OC1=CC=CC2=CCC(Cl)NC12. The van der Waals surface area contributed by atoms with Gasteiger partial charge in [-0.2, -0.15) is 0 Å². The number of allylic oxidation sites excluding steroid dienone is 2. The Bertz CT molecular complexity index is 280. The van der Waals surface area contributed by atoms with Crippen LogP contribution in [0.5, 0.6) is 0 Å². The monoisotopic (exact) mass is 183 g/mol. The number of rotatable bonds is 0. The minimum atomic E-state index is -0.0914. The van der Waals surface area contributed by atoms with Crippen molar-refractivity contribution in [3.8, 4) is 0 Å². The van der Waals surface area contributed by atoms with Crippen LogP contribution in [-0.4, -0.2) is 16.6 Å². The molecule has 3 heteroatoms. The maximum atomic E-state index is 9.47. The zero-order valence-electron chi connectivity index (χ0n) is 6.50. The van der Waals surface area contributed by atoms with E-state index >= 15 is 0 Å². The van der Waals surface area contributed by atoms with E-state index in [0.29, 0.717) is 5.76 Å². The van der Waals surface area contributed by atoms with Gasteiger partial charge < -0.3 is 5.11 Å². The van der Waals surface area contributed by atoms with Crippen LogP contribution >= 0.6 is 11.6 Å². The molecular formula is C9H10ClNO. The minimum Gasteiger partial charge on any atom is -0.510 e. The number of halogens is 1. The first-order valence-corrected chi connectivity index (χ1v) is 4.38. The molecule has 2 unspecified atom stereocenters. The quantitative estimate of drug-likeness (QED) is 0.444. The van der Waals surface area contributed by atoms with E-state index in [9.17, 15) is 5.11 Å². The summed E-state index contributed by atoms with van der Waals surface area (Å²) in [4.78, 5) is 0. The molecule has 1 aliphatic heterocycles. The topological polar surface area (TPSA) is 32.3 Å². The fourth-order valence-electron chi connectivity index (χ4n) is 1.48. The molecule has 2 aliphatic rings. The Hall–Kier alpha value is -0.730. The van der Waals surface area contributed by atoms with Crippen molar-refractivity contribution in [2.24, 2.45) is 0 Å². The summed E-state index contributed by atoms with van der Waals surface area (Å²) in [6.45, 7) is 0. The van der Waals surface area contributed by atoms with Crippen molar-refractivity contribution in [2.75, 3.05) is 0 Å². The Labute approximate surface area is 76.2 Å². The first-order chi connectivity index (χ1) is 5.77. The maximum absolute atomic E-state index is 9.47. The maximum Gasteiger partial charge on any atom is 0.114 e. The van der Waals surface area contributed by atoms with Crippen molar-refractivity contribution in [1.29, 1.82) is 0 Å². The van der Waals surface area contributed by atoms with E-state index in [4.69, 9.17) is 11.6 Å². The van der Waals surface area contributed by atoms with Gasteiger partial charge in [-0.25, -0.2) is 0 Å². The van der Waals surface area contributed by atoms with Gasteiger partial charge in [-0.05, 0) is 18.1 Å². The smallest absolute Gasteiger partial charge is 0.114 e. The van der Waals surface area contributed by atoms with Crippen LogP contribution in [0.4, 0.5) is 0 Å². The third-order valence-electron chi connectivity index (χ3n) is 2.09. The number of fused-ring (bicyclic) bond motifs is 1. The second kappa shape index (κ2) is 2.96. The Morgan fingerprint density at radius 2 is 2.42 bits per heavy atom. The first kappa shape index (κ1) is 7.90. The highest BCUT2D eigenvalue weighted by molar-refractivity contribution is 6.20. The van der Waals surface area contributed by atoms with E-state index in [0.717, 1.165) is 12.0 Å². The molecule has 2 nitrogen and oxygen atoms in total. The van der Waals surface area contributed by atoms with Crippen molar-refractivity contribution in [1.82, 2.24) is 5.32 Å². The van der Waals surface area contributed by atoms with Crippen molar-refractivity contribution < 1.29 is 5.11 Å². The van der Waals surface area contributed by atoms with E-state index in [-0.39, 0.29) is 11.5 Å². The molecular weight excluding hydrogens is 174 g/mol. The van der Waals surface area contributed by atoms with Gasteiger partial charge in [0.25, 0.3) is 0 Å². The highest BCUT2D eigenvalue weighted by atomic mass is 35.5. The lowest BCUT2D eigenvalue weighted by atomic mass is 9.96. The highest BCUT2D eigenvalue weighted by Gasteiger charge is 2.24. The normalized spacial score (nSPS) is 33.8. The average Bonchev–Trinajstić information content (AvgIpc) is 2.07. The Morgan fingerprint density at radius 3 is 3.25 bits per heavy atom. The van der Waals surface area contributed by atoms with Gasteiger partial charge >= 0.3 is 0 Å². The van der Waals surface area contributed by atoms with Crippen LogP contribution in [-0.2, 0) is 0 Å². The molecule has 0 aromatic carbocycles. The highest BCUT2D eigenvalue weighted by Crippen LogP contribution is 2.23. The predicted octanol–water partition coefficient (Wildman–Crippen LogP) is 1.85. The van der Waals surface area contributed by atoms with Crippen LogP contribution in [0.25, 0.3) is 0 Å². The van der Waals surface area contributed by atoms with Crippen LogP contribution < -0.4 is 5.32 Å². The first-order valence-electron chi connectivity index (χ1n) is 3.95. The summed E-state index contributed by atoms with van der Waals surface area (Å²) in [5.41, 5.74) is 1.03. The lowest BCUT2D eigenvalue weighted by Crippen LogP contribution is -2.41. The van der Waals surface area contributed by atoms with E-state index in [1.54, 1.807) is 6.08 Å². The molecule has 12 heavy (non-hydrogen) atoms. The molecule has 0 aromatic heterocycles. The van der Waals surface area contributed by atoms with E-state index in [1.165, 1.54) is 0 Å². The van der Waals surface area contributed by atoms with Gasteiger partial charge in [-0.1, -0.05) is 18.2 Å². The molecule has 0 radical (unpaired) electrons. The Kier molecular flexibility index (Phi) is 1.95. The van der Waals surface area contributed by atoms with Crippen molar-refractivity contribution in [3.05, 3.63) is 35.6 Å². The Morgan fingerprint density at radius 1 is 1.58 bits per heavy atom. The second-order valence-electron chi connectivity index (χ2n) is 2.96. The molecule has 0 bridgehead atoms. The molecule has 0 aromatic rings. The number of aliphatic hydroxyl groups excluding tert-OH is 1. The fourth-order valence-corrected chi connectivity index (χ4v) is 1.69. The van der Waals surface area contributed by atoms with Gasteiger partial charge in [0.2, 0.25) is 0 Å². The third kappa shape index (κ3) is 1.28. The minimum absolute atomic E-state index is 0.0687. The number of aliphatic hydroxyl groups is 1. The molecule has 0 saturated heterocycles. The Balaban J connectivity index is 2.29. The summed E-state index contributed by atoms with van der Waals surface area (Å²) in [7, 11) is 0. The average molecular weight is 184 g/mol. The fraction of sp³-hybridized carbons (Fsp3) is 0.333. The summed E-state index contributed by atoms with van der Waals surface area (Å²) in [6.07, 6.45) is 8.38. The van der Waals surface area contributed by atoms with E-state index in [2.05, 4.69) is 11.4 Å². The zero-order chi connectivity index (χ0) is 8.55. The van der Waals surface area contributed by atoms with Gasteiger partial charge in [-0.15, -0.1) is 11.6 Å². The van der Waals surface area contributed by atoms with Crippen LogP contribution in [0.1, 0.15) is 6.42 Å². The largest absolute Gasteiger partial charge is 0.510 e. The van der Waals surface area contributed by atoms with Crippen molar-refractivity contribution in [3.63, 3.8) is 0 Å². The summed E-state index contributed by atoms with van der Waals surface area (Å²) in [6, 6.07) is -0.0914. The van der Waals surface area contributed by atoms with E-state index < -0.39 is 0 Å². The molecule has 0 fully saturated rings. The van der Waals surface area contributed by atoms with Crippen LogP contribution in [0.2, 0.25) is 0 Å². The number of alkyl halides is 1. The molecule has 0 saturated carbocycles. The summed E-state index contributed by atoms with van der Waals surface area (Å²) < 4.78 is 0. The lowest BCUT2D eigenvalue weighted by Gasteiger charge is -2.28. The van der Waals surface area contributed by atoms with E-state index in [1.807, 2.05) is 12.2 Å². The van der Waals surface area contributed by atoms with Gasteiger partial charge in [0, 0.05) is 0 Å². The molecule has 1 heterocycles. The molecule has 0 amide bonds. The molecule has 2 rings (SSSR count). The zero-order valence-corrected chi connectivity index (χ0v) is 7.25. The third-order valence-corrected chi connectivity index (χ3v) is 2.40. The number of nitrogens with one attached hydrogen (secondary N) is 1. The van der Waals surface area contributed by atoms with Gasteiger partial charge in [-0.3, -0.25) is 5.32 Å². The molecule has 0 spiro atoms. The standard InChI is InChI=1S/C9H10ClNO/c10-8-5-4-6-2-1-3-7(12)9(6)11-8/h1-4,8-9,11-12H,5H2. The van der Waals surface area contributed by atoms with Crippen molar-refractivity contribution in [2.45, 2.75) is 18.0 Å². The summed E-state index contributed by atoms with van der Waals surface area (Å²) in [5.74, 6) is 0.342. The number of hydrogen-bond acceptors (Lipinski definition) is 2. The molecule has 2 atom stereocenters. The number of hydrogen-bond donors (Lipinski definition) is 2. The van der Waals surface area contributed by atoms with Gasteiger partial charge in [0.1, 0.15) is 5.76 Å². The van der Waals surface area contributed by atoms with Crippen LogP contribution in [0.3, 0.4) is 0 Å². The van der Waals surface area contributed by atoms with Crippen LogP contribution in [0.15, 0.2) is 35.6 Å². The summed E-state index contributed by atoms with van der Waals surface area (Å²) >= 11 is 5.88. The molecule has 2 N–H and O–H groups in total. The summed E-state index contributed by atoms with van der Waals surface area (Å²) in [5, 5.41) is 12.6. The van der Waals surface area contributed by atoms with Gasteiger partial charge in [0.15, 0.2) is 0 Å². The van der Waals surface area contributed by atoms with Crippen LogP contribution in [0, 0.1) is 0 Å². The molecule has 1 aliphatic carbocycles. The second-order valence-corrected chi connectivity index (χ2v) is 3.48. The predicted molar refractivity (Wildman–Crippen MR) is 49.1 cm³/mol. The molecule has 64 valence electrons. The van der Waals surface area contributed by atoms with Gasteiger partial charge in [0.05, 0.1) is 11.5 Å². The lowest BCUT2D eigenvalue weighted by molar-refractivity contribution is 0.348.